The molecule has 0 aliphatic carbocycles. The Balaban J connectivity index is 2.50. The van der Waals surface area contributed by atoms with Crippen molar-refractivity contribution in [3.63, 3.8) is 0 Å². The van der Waals surface area contributed by atoms with Crippen molar-refractivity contribution in [2.24, 2.45) is 0 Å². The van der Waals surface area contributed by atoms with Gasteiger partial charge in [0, 0.05) is 12.7 Å². The van der Waals surface area contributed by atoms with Crippen LogP contribution in [0.4, 0.5) is 4.79 Å². The maximum absolute atomic E-state index is 11.9. The van der Waals surface area contributed by atoms with E-state index in [4.69, 9.17) is 4.74 Å². The molecule has 1 N–H and O–H groups in total. The van der Waals surface area contributed by atoms with E-state index in [9.17, 15) is 9.59 Å². The molecule has 6 heteroatoms. The van der Waals surface area contributed by atoms with Crippen molar-refractivity contribution in [1.82, 2.24) is 10.2 Å². The molecule has 0 fully saturated rings. The molecule has 2 rings (SSSR count). The lowest BCUT2D eigenvalue weighted by atomic mass is 9.97. The predicted molar refractivity (Wildman–Crippen MR) is 68.1 cm³/mol. The molecule has 5 nitrogen and oxygen atoms in total. The third kappa shape index (κ3) is 1.99. The van der Waals surface area contributed by atoms with Crippen LogP contribution in [0, 0.1) is 0 Å². The second-order valence-corrected chi connectivity index (χ2v) is 4.77. The summed E-state index contributed by atoms with van der Waals surface area (Å²) in [6.07, 6.45) is 0. The van der Waals surface area contributed by atoms with Gasteiger partial charge in [-0.25, -0.2) is 9.59 Å². The van der Waals surface area contributed by atoms with Gasteiger partial charge in [-0.05, 0) is 29.3 Å². The van der Waals surface area contributed by atoms with Crippen molar-refractivity contribution in [2.75, 3.05) is 14.2 Å². The van der Waals surface area contributed by atoms with Gasteiger partial charge in [0.25, 0.3) is 0 Å². The van der Waals surface area contributed by atoms with Crippen LogP contribution in [0.15, 0.2) is 28.1 Å². The minimum Gasteiger partial charge on any atom is -0.466 e. The Bertz CT molecular complexity index is 507. The first-order chi connectivity index (χ1) is 8.56. The third-order valence-electron chi connectivity index (χ3n) is 3.04. The van der Waals surface area contributed by atoms with Gasteiger partial charge in [0.1, 0.15) is 0 Å². The van der Waals surface area contributed by atoms with Crippen molar-refractivity contribution in [3.8, 4) is 0 Å². The summed E-state index contributed by atoms with van der Waals surface area (Å²) in [5, 5.41) is 6.62. The maximum atomic E-state index is 11.9. The molecule has 1 aromatic rings. The standard InChI is InChI=1S/C12H14N2O3S/c1-7-9(11(15)17-3)10(8-4-5-18-6-8)13-12(16)14(7)2/h4-6,10H,1-3H3,(H,13,16)/t10-/m1/s1. The largest absolute Gasteiger partial charge is 0.466 e. The number of nitrogens with zero attached hydrogens (tertiary/aromatic N) is 1. The Morgan fingerprint density at radius 3 is 2.83 bits per heavy atom. The van der Waals surface area contributed by atoms with E-state index in [1.807, 2.05) is 16.8 Å². The highest BCUT2D eigenvalue weighted by atomic mass is 32.1. The van der Waals surface area contributed by atoms with Crippen molar-refractivity contribution in [2.45, 2.75) is 13.0 Å². The van der Waals surface area contributed by atoms with Crippen LogP contribution in [-0.2, 0) is 9.53 Å². The minimum atomic E-state index is -0.438. The van der Waals surface area contributed by atoms with Gasteiger partial charge in [-0.2, -0.15) is 11.3 Å². The van der Waals surface area contributed by atoms with Crippen molar-refractivity contribution in [3.05, 3.63) is 33.7 Å². The number of hydrogen-bond donors (Lipinski definition) is 1. The molecule has 0 unspecified atom stereocenters. The average molecular weight is 266 g/mol. The SMILES string of the molecule is COC(=O)C1=C(C)N(C)C(=O)N[C@@H]1c1ccsc1. The number of carbonyl (C=O) groups excluding carboxylic acids is 2. The van der Waals surface area contributed by atoms with Crippen LogP contribution in [-0.4, -0.2) is 31.1 Å². The number of hydrogen-bond acceptors (Lipinski definition) is 4. The van der Waals surface area contributed by atoms with E-state index in [2.05, 4.69) is 5.32 Å². The fourth-order valence-corrected chi connectivity index (χ4v) is 2.59. The van der Waals surface area contributed by atoms with Crippen molar-refractivity contribution in [1.29, 1.82) is 0 Å². The maximum Gasteiger partial charge on any atom is 0.337 e. The Morgan fingerprint density at radius 2 is 2.28 bits per heavy atom. The van der Waals surface area contributed by atoms with Crippen LogP contribution in [0.25, 0.3) is 0 Å². The van der Waals surface area contributed by atoms with Gasteiger partial charge < -0.3 is 15.0 Å². The highest BCUT2D eigenvalue weighted by Gasteiger charge is 2.34. The Hall–Kier alpha value is -1.82. The highest BCUT2D eigenvalue weighted by molar-refractivity contribution is 7.08. The van der Waals surface area contributed by atoms with Crippen LogP contribution < -0.4 is 5.32 Å². The van der Waals surface area contributed by atoms with Gasteiger partial charge >= 0.3 is 12.0 Å². The smallest absolute Gasteiger partial charge is 0.337 e. The molecule has 0 aromatic carbocycles. The summed E-state index contributed by atoms with van der Waals surface area (Å²) in [5.41, 5.74) is 1.97. The zero-order valence-corrected chi connectivity index (χ0v) is 11.2. The summed E-state index contributed by atoms with van der Waals surface area (Å²) in [7, 11) is 2.96. The molecule has 1 aliphatic rings. The number of thiophene rings is 1. The number of rotatable bonds is 2. The highest BCUT2D eigenvalue weighted by Crippen LogP contribution is 2.31. The van der Waals surface area contributed by atoms with E-state index in [0.29, 0.717) is 11.3 Å². The molecule has 0 spiro atoms. The Labute approximate surface area is 109 Å². The molecule has 0 bridgehead atoms. The second-order valence-electron chi connectivity index (χ2n) is 3.99. The number of amides is 2. The summed E-state index contributed by atoms with van der Waals surface area (Å²) in [6.45, 7) is 1.74. The summed E-state index contributed by atoms with van der Waals surface area (Å²) in [6, 6.07) is 1.22. The predicted octanol–water partition coefficient (Wildman–Crippen LogP) is 1.89. The lowest BCUT2D eigenvalue weighted by Gasteiger charge is -2.32. The number of allylic oxidation sites excluding steroid dienone is 1. The van der Waals surface area contributed by atoms with E-state index in [1.165, 1.54) is 23.3 Å². The summed E-state index contributed by atoms with van der Waals surface area (Å²) in [4.78, 5) is 25.1. The number of urea groups is 1. The fourth-order valence-electron chi connectivity index (χ4n) is 1.90. The van der Waals surface area contributed by atoms with Gasteiger partial charge in [0.2, 0.25) is 0 Å². The number of carbonyl (C=O) groups is 2. The van der Waals surface area contributed by atoms with Gasteiger partial charge in [-0.3, -0.25) is 0 Å². The zero-order chi connectivity index (χ0) is 13.3. The number of ether oxygens (including phenoxy) is 1. The number of nitrogens with one attached hydrogen (secondary N) is 1. The molecule has 0 radical (unpaired) electrons. The van der Waals surface area contributed by atoms with Gasteiger partial charge in [-0.15, -0.1) is 0 Å². The van der Waals surface area contributed by atoms with E-state index in [-0.39, 0.29) is 6.03 Å². The second kappa shape index (κ2) is 4.81. The van der Waals surface area contributed by atoms with E-state index >= 15 is 0 Å². The molecule has 96 valence electrons. The topological polar surface area (TPSA) is 58.6 Å². The average Bonchev–Trinajstić information content (AvgIpc) is 2.88. The molecule has 2 heterocycles. The van der Waals surface area contributed by atoms with Gasteiger partial charge in [0.05, 0.1) is 18.7 Å². The number of esters is 1. The molecule has 2 amide bonds. The number of methoxy groups -OCH3 is 1. The first-order valence-corrected chi connectivity index (χ1v) is 6.36. The van der Waals surface area contributed by atoms with Crippen molar-refractivity contribution >= 4 is 23.3 Å². The normalized spacial score (nSPS) is 19.8. The van der Waals surface area contributed by atoms with Gasteiger partial charge in [0.15, 0.2) is 0 Å². The van der Waals surface area contributed by atoms with E-state index in [1.54, 1.807) is 14.0 Å². The molecule has 1 atom stereocenters. The van der Waals surface area contributed by atoms with Gasteiger partial charge in [-0.1, -0.05) is 0 Å². The molecule has 1 aromatic heterocycles. The molecule has 18 heavy (non-hydrogen) atoms. The van der Waals surface area contributed by atoms with Crippen molar-refractivity contribution < 1.29 is 14.3 Å². The molecule has 1 aliphatic heterocycles. The van der Waals surface area contributed by atoms with Crippen LogP contribution in [0.2, 0.25) is 0 Å². The lowest BCUT2D eigenvalue weighted by Crippen LogP contribution is -2.46. The Morgan fingerprint density at radius 1 is 1.56 bits per heavy atom. The Kier molecular flexibility index (Phi) is 3.38. The van der Waals surface area contributed by atoms with E-state index in [0.717, 1.165) is 5.56 Å². The van der Waals surface area contributed by atoms with Crippen LogP contribution in [0.1, 0.15) is 18.5 Å². The first kappa shape index (κ1) is 12.6. The van der Waals surface area contributed by atoms with E-state index < -0.39 is 12.0 Å². The summed E-state index contributed by atoms with van der Waals surface area (Å²) < 4.78 is 4.80. The minimum absolute atomic E-state index is 0.226. The summed E-state index contributed by atoms with van der Waals surface area (Å²) in [5.74, 6) is -0.421. The molecule has 0 saturated carbocycles. The quantitative estimate of drug-likeness (QED) is 0.832. The zero-order valence-electron chi connectivity index (χ0n) is 10.4. The monoisotopic (exact) mass is 266 g/mol. The molecule has 0 saturated heterocycles. The molecular weight excluding hydrogens is 252 g/mol. The van der Waals surface area contributed by atoms with Crippen LogP contribution >= 0.6 is 11.3 Å². The first-order valence-electron chi connectivity index (χ1n) is 5.41. The van der Waals surface area contributed by atoms with Crippen LogP contribution in [0.5, 0.6) is 0 Å². The van der Waals surface area contributed by atoms with Crippen LogP contribution in [0.3, 0.4) is 0 Å². The summed E-state index contributed by atoms with van der Waals surface area (Å²) >= 11 is 1.52. The molecular formula is C12H14N2O3S. The fraction of sp³-hybridized carbons (Fsp3) is 0.333. The third-order valence-corrected chi connectivity index (χ3v) is 3.74. The lowest BCUT2D eigenvalue weighted by molar-refractivity contribution is -0.136.